The smallest absolute Gasteiger partial charge is 0.280 e. The monoisotopic (exact) mass is 431 g/mol. The molecule has 0 saturated heterocycles. The van der Waals surface area contributed by atoms with Crippen molar-refractivity contribution in [1.82, 2.24) is 5.16 Å². The van der Waals surface area contributed by atoms with Gasteiger partial charge in [-0.2, -0.15) is 0 Å². The Kier molecular flexibility index (Phi) is 5.03. The van der Waals surface area contributed by atoms with Gasteiger partial charge in [0.2, 0.25) is 5.76 Å². The molecule has 1 aliphatic rings. The van der Waals surface area contributed by atoms with E-state index < -0.39 is 5.82 Å². The Labute approximate surface area is 182 Å². The first kappa shape index (κ1) is 19.7. The molecule has 0 spiro atoms. The summed E-state index contributed by atoms with van der Waals surface area (Å²) in [4.78, 5) is 27.4. The average molecular weight is 431 g/mol. The highest BCUT2D eigenvalue weighted by Crippen LogP contribution is 2.34. The van der Waals surface area contributed by atoms with Gasteiger partial charge in [0.25, 0.3) is 11.8 Å². The third-order valence-electron chi connectivity index (χ3n) is 5.34. The number of nitrogens with zero attached hydrogens (tertiary/aromatic N) is 2. The summed E-state index contributed by atoms with van der Waals surface area (Å²) in [6.07, 6.45) is 2.95. The number of rotatable bonds is 4. The van der Waals surface area contributed by atoms with E-state index in [0.29, 0.717) is 41.4 Å². The van der Waals surface area contributed by atoms with Crippen molar-refractivity contribution in [1.29, 1.82) is 0 Å². The number of hydrogen-bond donors (Lipinski definition) is 1. The van der Waals surface area contributed by atoms with Gasteiger partial charge in [-0.3, -0.25) is 9.59 Å². The van der Waals surface area contributed by atoms with Gasteiger partial charge in [-0.05, 0) is 66.9 Å². The number of carbonyl (C=O) groups is 2. The lowest BCUT2D eigenvalue weighted by Gasteiger charge is -2.30. The van der Waals surface area contributed by atoms with E-state index in [2.05, 4.69) is 10.5 Å². The number of nitrogens with one attached hydrogen (secondary N) is 1. The predicted molar refractivity (Wildman–Crippen MR) is 115 cm³/mol. The second kappa shape index (κ2) is 8.14. The molecular formula is C24H18FN3O4. The van der Waals surface area contributed by atoms with Crippen LogP contribution in [0.1, 0.15) is 32.8 Å². The molecule has 1 N–H and O–H groups in total. The normalized spacial score (nSPS) is 13.0. The number of benzene rings is 2. The van der Waals surface area contributed by atoms with E-state index in [9.17, 15) is 14.0 Å². The van der Waals surface area contributed by atoms with Crippen LogP contribution in [0.4, 0.5) is 15.8 Å². The molecule has 8 heteroatoms. The molecule has 0 fully saturated rings. The fourth-order valence-corrected chi connectivity index (χ4v) is 3.80. The summed E-state index contributed by atoms with van der Waals surface area (Å²) in [5.74, 6) is -0.191. The maximum atomic E-state index is 13.2. The van der Waals surface area contributed by atoms with Crippen LogP contribution in [-0.4, -0.2) is 23.5 Å². The van der Waals surface area contributed by atoms with E-state index in [1.54, 1.807) is 35.2 Å². The number of fused-ring (bicyclic) bond motifs is 1. The molecule has 4 aromatic rings. The first-order valence-electron chi connectivity index (χ1n) is 10.1. The van der Waals surface area contributed by atoms with Crippen LogP contribution in [0, 0.1) is 5.82 Å². The quantitative estimate of drug-likeness (QED) is 0.496. The summed E-state index contributed by atoms with van der Waals surface area (Å²) in [6.45, 7) is 0.518. The molecule has 0 aliphatic carbocycles. The van der Waals surface area contributed by atoms with Gasteiger partial charge in [0.15, 0.2) is 11.5 Å². The Morgan fingerprint density at radius 2 is 1.88 bits per heavy atom. The predicted octanol–water partition coefficient (Wildman–Crippen LogP) is 4.92. The minimum Gasteiger partial charge on any atom is -0.461 e. The zero-order valence-corrected chi connectivity index (χ0v) is 16.9. The van der Waals surface area contributed by atoms with Crippen molar-refractivity contribution in [2.24, 2.45) is 0 Å². The molecule has 0 radical (unpaired) electrons. The SMILES string of the molecule is O=C(Nc1cccc2c1CCCN2C(=O)c1cc(-c2ccco2)on1)c1ccc(F)cc1. The number of halogens is 1. The van der Waals surface area contributed by atoms with Crippen LogP contribution < -0.4 is 10.2 Å². The largest absolute Gasteiger partial charge is 0.461 e. The van der Waals surface area contributed by atoms with Gasteiger partial charge in [0.05, 0.1) is 6.26 Å². The lowest BCUT2D eigenvalue weighted by Crippen LogP contribution is -2.36. The highest BCUT2D eigenvalue weighted by Gasteiger charge is 2.28. The molecule has 0 atom stereocenters. The van der Waals surface area contributed by atoms with E-state index in [-0.39, 0.29) is 17.5 Å². The Morgan fingerprint density at radius 3 is 2.66 bits per heavy atom. The first-order chi connectivity index (χ1) is 15.6. The molecule has 3 heterocycles. The van der Waals surface area contributed by atoms with Gasteiger partial charge < -0.3 is 19.2 Å². The van der Waals surface area contributed by atoms with Gasteiger partial charge in [0, 0.05) is 29.5 Å². The zero-order valence-electron chi connectivity index (χ0n) is 16.9. The van der Waals surface area contributed by atoms with Crippen LogP contribution >= 0.6 is 0 Å². The van der Waals surface area contributed by atoms with Crippen LogP contribution in [0.25, 0.3) is 11.5 Å². The molecule has 0 bridgehead atoms. The zero-order chi connectivity index (χ0) is 22.1. The highest BCUT2D eigenvalue weighted by molar-refractivity contribution is 6.08. The molecule has 0 unspecified atom stereocenters. The van der Waals surface area contributed by atoms with E-state index in [0.717, 1.165) is 12.0 Å². The van der Waals surface area contributed by atoms with Gasteiger partial charge >= 0.3 is 0 Å². The number of carbonyl (C=O) groups excluding carboxylic acids is 2. The van der Waals surface area contributed by atoms with E-state index in [1.807, 2.05) is 6.07 Å². The summed E-state index contributed by atoms with van der Waals surface area (Å²) in [5, 5.41) is 6.79. The average Bonchev–Trinajstić information content (AvgIpc) is 3.51. The summed E-state index contributed by atoms with van der Waals surface area (Å²) >= 11 is 0. The van der Waals surface area contributed by atoms with Gasteiger partial charge in [-0.15, -0.1) is 0 Å². The Bertz CT molecular complexity index is 1280. The number of hydrogen-bond acceptors (Lipinski definition) is 5. The van der Waals surface area contributed by atoms with Crippen LogP contribution in [0.15, 0.2) is 75.9 Å². The highest BCUT2D eigenvalue weighted by atomic mass is 19.1. The molecule has 2 aromatic carbocycles. The molecule has 1 aliphatic heterocycles. The van der Waals surface area contributed by atoms with Gasteiger partial charge in [0.1, 0.15) is 5.82 Å². The van der Waals surface area contributed by atoms with Crippen molar-refractivity contribution >= 4 is 23.2 Å². The van der Waals surface area contributed by atoms with Crippen LogP contribution in [0.2, 0.25) is 0 Å². The fraction of sp³-hybridized carbons (Fsp3) is 0.125. The molecule has 2 amide bonds. The van der Waals surface area contributed by atoms with Gasteiger partial charge in [-0.25, -0.2) is 4.39 Å². The Balaban J connectivity index is 1.41. The molecule has 2 aromatic heterocycles. The number of anilines is 2. The van der Waals surface area contributed by atoms with Crippen molar-refractivity contribution in [3.05, 3.63) is 89.6 Å². The summed E-state index contributed by atoms with van der Waals surface area (Å²) < 4.78 is 23.7. The summed E-state index contributed by atoms with van der Waals surface area (Å²) in [7, 11) is 0. The maximum absolute atomic E-state index is 13.2. The lowest BCUT2D eigenvalue weighted by atomic mass is 9.99. The second-order valence-corrected chi connectivity index (χ2v) is 7.38. The molecule has 0 saturated carbocycles. The first-order valence-corrected chi connectivity index (χ1v) is 10.1. The molecule has 160 valence electrons. The lowest BCUT2D eigenvalue weighted by molar-refractivity contribution is 0.0975. The third kappa shape index (κ3) is 3.66. The van der Waals surface area contributed by atoms with E-state index in [4.69, 9.17) is 8.94 Å². The maximum Gasteiger partial charge on any atom is 0.280 e. The number of furan rings is 1. The van der Waals surface area contributed by atoms with Crippen molar-refractivity contribution in [3.8, 4) is 11.5 Å². The number of amides is 2. The van der Waals surface area contributed by atoms with Crippen molar-refractivity contribution in [2.75, 3.05) is 16.8 Å². The van der Waals surface area contributed by atoms with Crippen molar-refractivity contribution in [2.45, 2.75) is 12.8 Å². The van der Waals surface area contributed by atoms with E-state index in [1.165, 1.54) is 30.5 Å². The number of aromatic nitrogens is 1. The molecule has 5 rings (SSSR count). The van der Waals surface area contributed by atoms with Crippen LogP contribution in [0.3, 0.4) is 0 Å². The fourth-order valence-electron chi connectivity index (χ4n) is 3.80. The summed E-state index contributed by atoms with van der Waals surface area (Å²) in [5.41, 5.74) is 2.70. The summed E-state index contributed by atoms with van der Waals surface area (Å²) in [6, 6.07) is 15.7. The Morgan fingerprint density at radius 1 is 1.03 bits per heavy atom. The third-order valence-corrected chi connectivity index (χ3v) is 5.34. The molecule has 32 heavy (non-hydrogen) atoms. The Hall–Kier alpha value is -4.20. The van der Waals surface area contributed by atoms with E-state index >= 15 is 0 Å². The van der Waals surface area contributed by atoms with Crippen molar-refractivity contribution < 1.29 is 22.9 Å². The van der Waals surface area contributed by atoms with Crippen LogP contribution in [0.5, 0.6) is 0 Å². The van der Waals surface area contributed by atoms with Crippen molar-refractivity contribution in [3.63, 3.8) is 0 Å². The minimum absolute atomic E-state index is 0.171. The molecular weight excluding hydrogens is 413 g/mol. The standard InChI is InChI=1S/C24H18FN3O4/c25-16-10-8-15(9-11-16)23(29)26-18-5-1-6-20-17(18)4-2-12-28(20)24(30)19-14-22(32-27-19)21-7-3-13-31-21/h1,3,5-11,13-14H,2,4,12H2,(H,26,29). The minimum atomic E-state index is -0.407. The second-order valence-electron chi connectivity index (χ2n) is 7.38. The van der Waals surface area contributed by atoms with Gasteiger partial charge in [-0.1, -0.05) is 11.2 Å². The molecule has 7 nitrogen and oxygen atoms in total. The topological polar surface area (TPSA) is 88.6 Å². The van der Waals surface area contributed by atoms with Crippen LogP contribution in [-0.2, 0) is 6.42 Å².